The highest BCUT2D eigenvalue weighted by Crippen LogP contribution is 2.65. The third kappa shape index (κ3) is 2.36. The first-order valence-electron chi connectivity index (χ1n) is 5.74. The van der Waals surface area contributed by atoms with Crippen molar-refractivity contribution in [1.82, 2.24) is 4.98 Å². The van der Waals surface area contributed by atoms with Crippen LogP contribution in [-0.2, 0) is 4.79 Å². The molecule has 2 aromatic rings. The molecule has 0 saturated heterocycles. The Labute approximate surface area is 124 Å². The number of carbonyl (C=O) groups is 1. The zero-order valence-electron chi connectivity index (χ0n) is 9.72. The zero-order chi connectivity index (χ0) is 13.5. The zero-order valence-corrected chi connectivity index (χ0v) is 12.0. The summed E-state index contributed by atoms with van der Waals surface area (Å²) in [6, 6.07) is 9.60. The van der Waals surface area contributed by atoms with Crippen molar-refractivity contribution in [3.63, 3.8) is 0 Å². The van der Waals surface area contributed by atoms with Gasteiger partial charge in [-0.05, 0) is 5.56 Å². The highest BCUT2D eigenvalue weighted by molar-refractivity contribution is 7.13. The molecule has 1 aliphatic carbocycles. The van der Waals surface area contributed by atoms with Crippen LogP contribution in [0.15, 0.2) is 41.9 Å². The van der Waals surface area contributed by atoms with E-state index in [4.69, 9.17) is 23.2 Å². The van der Waals surface area contributed by atoms with Gasteiger partial charge in [0.2, 0.25) is 5.91 Å². The van der Waals surface area contributed by atoms with Gasteiger partial charge in [-0.25, -0.2) is 4.98 Å². The summed E-state index contributed by atoms with van der Waals surface area (Å²) in [5.74, 6) is -0.798. The van der Waals surface area contributed by atoms with Gasteiger partial charge in [0.1, 0.15) is 4.33 Å². The monoisotopic (exact) mass is 312 g/mol. The molecule has 1 heterocycles. The average molecular weight is 313 g/mol. The summed E-state index contributed by atoms with van der Waals surface area (Å²) in [6.45, 7) is 0. The van der Waals surface area contributed by atoms with Crippen molar-refractivity contribution in [2.75, 3.05) is 5.32 Å². The molecule has 6 heteroatoms. The van der Waals surface area contributed by atoms with Crippen LogP contribution in [-0.4, -0.2) is 15.2 Å². The minimum atomic E-state index is -1.04. The van der Waals surface area contributed by atoms with E-state index in [2.05, 4.69) is 10.3 Å². The average Bonchev–Trinajstić information content (AvgIpc) is 2.76. The maximum absolute atomic E-state index is 12.2. The quantitative estimate of drug-likeness (QED) is 0.879. The van der Waals surface area contributed by atoms with Crippen molar-refractivity contribution < 1.29 is 4.79 Å². The Morgan fingerprint density at radius 3 is 2.68 bits per heavy atom. The molecule has 1 aromatic heterocycles. The van der Waals surface area contributed by atoms with Gasteiger partial charge in [-0.15, -0.1) is 34.5 Å². The van der Waals surface area contributed by atoms with Crippen molar-refractivity contribution in [3.05, 3.63) is 47.5 Å². The molecule has 3 rings (SSSR count). The van der Waals surface area contributed by atoms with Crippen molar-refractivity contribution in [2.45, 2.75) is 10.3 Å². The van der Waals surface area contributed by atoms with E-state index in [-0.39, 0.29) is 11.8 Å². The summed E-state index contributed by atoms with van der Waals surface area (Å²) in [6.07, 6.45) is 1.64. The number of benzene rings is 1. The first-order valence-corrected chi connectivity index (χ1v) is 7.37. The van der Waals surface area contributed by atoms with E-state index < -0.39 is 10.3 Å². The topological polar surface area (TPSA) is 42.0 Å². The summed E-state index contributed by atoms with van der Waals surface area (Å²) < 4.78 is -1.04. The first-order chi connectivity index (χ1) is 9.10. The van der Waals surface area contributed by atoms with Gasteiger partial charge in [-0.1, -0.05) is 30.3 Å². The fraction of sp³-hybridized carbons (Fsp3) is 0.231. The molecule has 98 valence electrons. The van der Waals surface area contributed by atoms with E-state index in [1.165, 1.54) is 11.3 Å². The number of alkyl halides is 2. The second-order valence-corrected chi connectivity index (χ2v) is 6.71. The van der Waals surface area contributed by atoms with E-state index in [1.54, 1.807) is 11.6 Å². The summed E-state index contributed by atoms with van der Waals surface area (Å²) in [5, 5.41) is 5.10. The van der Waals surface area contributed by atoms with Crippen molar-refractivity contribution in [2.24, 2.45) is 5.92 Å². The lowest BCUT2D eigenvalue weighted by Crippen LogP contribution is -2.16. The standard InChI is InChI=1S/C13H10Cl2N2OS/c14-13(15)9(8-4-2-1-3-5-8)10(13)11(18)17-12-16-6-7-19-12/h1-7,9-10H,(H,16,17,18)/t9-,10-/m0/s1. The normalized spacial score (nSPS) is 23.9. The summed E-state index contributed by atoms with van der Waals surface area (Å²) >= 11 is 13.8. The highest BCUT2D eigenvalue weighted by atomic mass is 35.5. The van der Waals surface area contributed by atoms with Crippen LogP contribution in [0.3, 0.4) is 0 Å². The van der Waals surface area contributed by atoms with Gasteiger partial charge >= 0.3 is 0 Å². The number of aromatic nitrogens is 1. The fourth-order valence-corrected chi connectivity index (χ4v) is 3.56. The Morgan fingerprint density at radius 2 is 2.05 bits per heavy atom. The lowest BCUT2D eigenvalue weighted by Gasteiger charge is -2.00. The summed E-state index contributed by atoms with van der Waals surface area (Å²) in [7, 11) is 0. The Hall–Kier alpha value is -1.10. The van der Waals surface area contributed by atoms with Gasteiger partial charge in [-0.2, -0.15) is 0 Å². The number of nitrogens with one attached hydrogen (secondary N) is 1. The van der Waals surface area contributed by atoms with Crippen LogP contribution < -0.4 is 5.32 Å². The van der Waals surface area contributed by atoms with Crippen LogP contribution in [0.5, 0.6) is 0 Å². The summed E-state index contributed by atoms with van der Waals surface area (Å²) in [4.78, 5) is 16.2. The molecule has 0 radical (unpaired) electrons. The van der Waals surface area contributed by atoms with Crippen LogP contribution in [0.4, 0.5) is 5.13 Å². The van der Waals surface area contributed by atoms with Gasteiger partial charge < -0.3 is 5.32 Å². The van der Waals surface area contributed by atoms with Crippen LogP contribution in [0, 0.1) is 5.92 Å². The number of hydrogen-bond acceptors (Lipinski definition) is 3. The number of amides is 1. The molecule has 0 unspecified atom stereocenters. The van der Waals surface area contributed by atoms with Gasteiger partial charge in [0, 0.05) is 17.5 Å². The molecular formula is C13H10Cl2N2OS. The third-order valence-electron chi connectivity index (χ3n) is 3.16. The third-order valence-corrected chi connectivity index (χ3v) is 4.79. The van der Waals surface area contributed by atoms with Crippen LogP contribution in [0.25, 0.3) is 0 Å². The Balaban J connectivity index is 1.77. The maximum Gasteiger partial charge on any atom is 0.233 e. The number of anilines is 1. The van der Waals surface area contributed by atoms with Gasteiger partial charge in [0.15, 0.2) is 5.13 Å². The number of thiazole rings is 1. The van der Waals surface area contributed by atoms with Crippen LogP contribution >= 0.6 is 34.5 Å². The molecule has 19 heavy (non-hydrogen) atoms. The molecular weight excluding hydrogens is 303 g/mol. The molecule has 1 aliphatic rings. The number of carbonyl (C=O) groups excluding carboxylic acids is 1. The first kappa shape index (κ1) is 12.9. The van der Waals surface area contributed by atoms with Crippen molar-refractivity contribution in [3.8, 4) is 0 Å². The van der Waals surface area contributed by atoms with E-state index >= 15 is 0 Å². The van der Waals surface area contributed by atoms with E-state index in [0.717, 1.165) is 5.56 Å². The molecule has 3 nitrogen and oxygen atoms in total. The Bertz CT molecular complexity index is 586. The van der Waals surface area contributed by atoms with Gasteiger partial charge in [-0.3, -0.25) is 4.79 Å². The molecule has 1 saturated carbocycles. The summed E-state index contributed by atoms with van der Waals surface area (Å²) in [5.41, 5.74) is 0.979. The number of hydrogen-bond donors (Lipinski definition) is 1. The number of rotatable bonds is 3. The molecule has 0 aliphatic heterocycles. The molecule has 1 amide bonds. The minimum Gasteiger partial charge on any atom is -0.302 e. The molecule has 1 fully saturated rings. The fourth-order valence-electron chi connectivity index (χ4n) is 2.20. The smallest absolute Gasteiger partial charge is 0.233 e. The SMILES string of the molecule is O=C(Nc1nccs1)[C@@H]1[C@H](c2ccccc2)C1(Cl)Cl. The predicted octanol–water partition coefficient (Wildman–Crippen LogP) is 3.67. The molecule has 1 aromatic carbocycles. The molecule has 0 bridgehead atoms. The lowest BCUT2D eigenvalue weighted by molar-refractivity contribution is -0.117. The predicted molar refractivity (Wildman–Crippen MR) is 77.9 cm³/mol. The van der Waals surface area contributed by atoms with Gasteiger partial charge in [0.05, 0.1) is 5.92 Å². The van der Waals surface area contributed by atoms with E-state index in [1.807, 2.05) is 30.3 Å². The lowest BCUT2D eigenvalue weighted by atomic mass is 10.1. The van der Waals surface area contributed by atoms with Crippen molar-refractivity contribution >= 4 is 45.6 Å². The Morgan fingerprint density at radius 1 is 1.32 bits per heavy atom. The van der Waals surface area contributed by atoms with Crippen LogP contribution in [0.2, 0.25) is 0 Å². The molecule has 2 atom stereocenters. The van der Waals surface area contributed by atoms with Gasteiger partial charge in [0.25, 0.3) is 0 Å². The van der Waals surface area contributed by atoms with E-state index in [9.17, 15) is 4.79 Å². The second kappa shape index (κ2) is 4.78. The highest BCUT2D eigenvalue weighted by Gasteiger charge is 2.67. The minimum absolute atomic E-state index is 0.169. The van der Waals surface area contributed by atoms with E-state index in [0.29, 0.717) is 5.13 Å². The maximum atomic E-state index is 12.2. The van der Waals surface area contributed by atoms with Crippen LogP contribution in [0.1, 0.15) is 11.5 Å². The largest absolute Gasteiger partial charge is 0.302 e. The number of halogens is 2. The molecule has 1 N–H and O–H groups in total. The second-order valence-electron chi connectivity index (χ2n) is 4.37. The molecule has 0 spiro atoms. The Kier molecular flexibility index (Phi) is 3.25. The van der Waals surface area contributed by atoms with Crippen molar-refractivity contribution in [1.29, 1.82) is 0 Å². The number of nitrogens with zero attached hydrogens (tertiary/aromatic N) is 1.